The first-order valence-electron chi connectivity index (χ1n) is 12.6. The van der Waals surface area contributed by atoms with Gasteiger partial charge in [-0.1, -0.05) is 59.9 Å². The normalized spacial score (nSPS) is 31.4. The molecule has 1 N–H and O–H groups in total. The fourth-order valence-electron chi connectivity index (χ4n) is 7.40. The van der Waals surface area contributed by atoms with Crippen LogP contribution in [0.15, 0.2) is 70.5 Å². The predicted molar refractivity (Wildman–Crippen MR) is 139 cm³/mol. The lowest BCUT2D eigenvalue weighted by molar-refractivity contribution is -0.142. The molecule has 9 heteroatoms. The first-order chi connectivity index (χ1) is 18.0. The van der Waals surface area contributed by atoms with E-state index in [9.17, 15) is 19.2 Å². The molecule has 2 amide bonds. The summed E-state index contributed by atoms with van der Waals surface area (Å²) in [5.74, 6) is -2.08. The molecule has 2 saturated carbocycles. The summed E-state index contributed by atoms with van der Waals surface area (Å²) >= 11 is 2.99. The largest absolute Gasteiger partial charge is 0.481 e. The van der Waals surface area contributed by atoms with E-state index in [-0.39, 0.29) is 58.6 Å². The minimum Gasteiger partial charge on any atom is -0.481 e. The SMILES string of the molecule is O=C(O)CCN1C(=O)[C@@H]2[C@H]3C[C@@H]([C@@H]4Sc5c(sc(=O)n5-c5ccccc5)[C@@H](c5ccccc5)[C@@H]34)[C@H]2C1=O. The molecule has 3 heterocycles. The van der Waals surface area contributed by atoms with Crippen LogP contribution in [0, 0.1) is 29.6 Å². The van der Waals surface area contributed by atoms with Gasteiger partial charge >= 0.3 is 10.8 Å². The molecule has 0 radical (unpaired) electrons. The summed E-state index contributed by atoms with van der Waals surface area (Å²) < 4.78 is 1.81. The summed E-state index contributed by atoms with van der Waals surface area (Å²) in [6, 6.07) is 19.9. The first kappa shape index (κ1) is 23.0. The third kappa shape index (κ3) is 3.26. The molecule has 1 aromatic heterocycles. The smallest absolute Gasteiger partial charge is 0.312 e. The number of amides is 2. The maximum atomic E-state index is 13.5. The van der Waals surface area contributed by atoms with Gasteiger partial charge in [0.05, 0.1) is 29.0 Å². The van der Waals surface area contributed by atoms with Gasteiger partial charge in [-0.2, -0.15) is 0 Å². The monoisotopic (exact) mass is 532 g/mol. The Morgan fingerprint density at radius 1 is 0.919 bits per heavy atom. The van der Waals surface area contributed by atoms with Gasteiger partial charge in [-0.15, -0.1) is 11.8 Å². The molecule has 7 atom stereocenters. The van der Waals surface area contributed by atoms with Gasteiger partial charge in [0.2, 0.25) is 11.8 Å². The van der Waals surface area contributed by atoms with Crippen LogP contribution < -0.4 is 4.87 Å². The van der Waals surface area contributed by atoms with Gasteiger partial charge in [-0.25, -0.2) is 0 Å². The number of carboxylic acid groups (broad SMARTS) is 1. The number of likely N-dealkylation sites (tertiary alicyclic amines) is 1. The molecule has 0 spiro atoms. The lowest BCUT2D eigenvalue weighted by Gasteiger charge is -2.43. The average molecular weight is 533 g/mol. The number of aliphatic carboxylic acids is 1. The van der Waals surface area contributed by atoms with E-state index in [0.717, 1.165) is 27.6 Å². The maximum Gasteiger partial charge on any atom is 0.312 e. The second kappa shape index (κ2) is 8.43. The van der Waals surface area contributed by atoms with Gasteiger partial charge in [0.1, 0.15) is 0 Å². The zero-order valence-corrected chi connectivity index (χ0v) is 21.4. The van der Waals surface area contributed by atoms with Crippen LogP contribution in [-0.4, -0.2) is 44.2 Å². The second-order valence-electron chi connectivity index (χ2n) is 10.3. The van der Waals surface area contributed by atoms with Gasteiger partial charge in [-0.05, 0) is 41.9 Å². The summed E-state index contributed by atoms with van der Waals surface area (Å²) in [6.45, 7) is -0.0646. The predicted octanol–water partition coefficient (Wildman–Crippen LogP) is 3.85. The van der Waals surface area contributed by atoms with Gasteiger partial charge < -0.3 is 5.11 Å². The molecule has 2 aliphatic carbocycles. The van der Waals surface area contributed by atoms with Crippen molar-refractivity contribution < 1.29 is 19.5 Å². The molecule has 2 bridgehead atoms. The molecular formula is C28H24N2O5S2. The van der Waals surface area contributed by atoms with Crippen molar-refractivity contribution in [1.82, 2.24) is 9.47 Å². The van der Waals surface area contributed by atoms with Crippen molar-refractivity contribution in [3.63, 3.8) is 0 Å². The van der Waals surface area contributed by atoms with Crippen LogP contribution in [0.2, 0.25) is 0 Å². The Balaban J connectivity index is 1.35. The van der Waals surface area contributed by atoms with Crippen LogP contribution in [0.4, 0.5) is 0 Å². The lowest BCUT2D eigenvalue weighted by Crippen LogP contribution is -2.43. The molecule has 1 saturated heterocycles. The van der Waals surface area contributed by atoms with Crippen molar-refractivity contribution >= 4 is 40.9 Å². The number of hydrogen-bond acceptors (Lipinski definition) is 6. The number of carboxylic acids is 1. The number of aromatic nitrogens is 1. The third-order valence-corrected chi connectivity index (χ3v) is 11.4. The van der Waals surface area contributed by atoms with Crippen LogP contribution in [-0.2, 0) is 14.4 Å². The molecule has 4 aliphatic rings. The van der Waals surface area contributed by atoms with Crippen LogP contribution in [0.1, 0.15) is 29.2 Å². The highest BCUT2D eigenvalue weighted by molar-refractivity contribution is 8.00. The average Bonchev–Trinajstić information content (AvgIpc) is 3.62. The van der Waals surface area contributed by atoms with Crippen molar-refractivity contribution in [2.75, 3.05) is 6.54 Å². The highest BCUT2D eigenvalue weighted by Gasteiger charge is 2.69. The number of imide groups is 1. The fraction of sp³-hybridized carbons (Fsp3) is 0.357. The molecule has 3 aromatic rings. The Labute approximate surface area is 221 Å². The highest BCUT2D eigenvalue weighted by Crippen LogP contribution is 2.68. The standard InChI is InChI=1S/C28H24N2O5S2/c31-18(32)11-12-29-25(33)21-16-13-17(22(21)26(29)34)23-20(16)19(14-7-3-1-4-8-14)24-27(36-23)30(28(35)37-24)15-9-5-2-6-10-15/h1-10,16-17,19-23H,11-13H2,(H,31,32)/t16-,17+,19-,20+,21+,22+,23-/m0/s1. The number of fused-ring (bicyclic) bond motifs is 9. The first-order valence-corrected chi connectivity index (χ1v) is 14.2. The number of rotatable bonds is 5. The van der Waals surface area contributed by atoms with Gasteiger partial charge in [0, 0.05) is 22.6 Å². The van der Waals surface area contributed by atoms with Crippen molar-refractivity contribution in [3.05, 3.63) is 80.8 Å². The number of hydrogen-bond donors (Lipinski definition) is 1. The van der Waals surface area contributed by atoms with Crippen molar-refractivity contribution in [2.45, 2.75) is 29.0 Å². The van der Waals surface area contributed by atoms with E-state index in [1.54, 1.807) is 16.3 Å². The van der Waals surface area contributed by atoms with Crippen LogP contribution in [0.5, 0.6) is 0 Å². The molecule has 2 aromatic carbocycles. The summed E-state index contributed by atoms with van der Waals surface area (Å²) in [5, 5.41) is 10.2. The second-order valence-corrected chi connectivity index (χ2v) is 12.5. The number of carbonyl (C=O) groups excluding carboxylic acids is 2. The molecule has 3 fully saturated rings. The minimum atomic E-state index is -1.02. The van der Waals surface area contributed by atoms with E-state index in [1.807, 2.05) is 48.5 Å². The molecule has 7 rings (SSSR count). The molecule has 37 heavy (non-hydrogen) atoms. The zero-order chi connectivity index (χ0) is 25.4. The Morgan fingerprint density at radius 3 is 2.24 bits per heavy atom. The van der Waals surface area contributed by atoms with Crippen molar-refractivity contribution in [3.8, 4) is 5.69 Å². The number of carbonyl (C=O) groups is 3. The molecule has 0 unspecified atom stereocenters. The topological polar surface area (TPSA) is 96.7 Å². The minimum absolute atomic E-state index is 0.0230. The Morgan fingerprint density at radius 2 is 1.57 bits per heavy atom. The van der Waals surface area contributed by atoms with Crippen LogP contribution in [0.25, 0.3) is 5.69 Å². The number of thiazole rings is 1. The summed E-state index contributed by atoms with van der Waals surface area (Å²) in [4.78, 5) is 53.6. The molecule has 2 aliphatic heterocycles. The van der Waals surface area contributed by atoms with E-state index in [2.05, 4.69) is 12.1 Å². The van der Waals surface area contributed by atoms with E-state index in [4.69, 9.17) is 5.11 Å². The quantitative estimate of drug-likeness (QED) is 0.502. The fourth-order valence-corrected chi connectivity index (χ4v) is 10.6. The van der Waals surface area contributed by atoms with E-state index in [1.165, 1.54) is 16.2 Å². The number of nitrogens with zero attached hydrogens (tertiary/aromatic N) is 2. The Bertz CT molecular complexity index is 1480. The zero-order valence-electron chi connectivity index (χ0n) is 19.7. The Hall–Kier alpha value is -3.17. The highest BCUT2D eigenvalue weighted by atomic mass is 32.2. The summed E-state index contributed by atoms with van der Waals surface area (Å²) in [7, 11) is 0. The van der Waals surface area contributed by atoms with Gasteiger partial charge in [0.15, 0.2) is 0 Å². The van der Waals surface area contributed by atoms with Crippen LogP contribution >= 0.6 is 23.1 Å². The van der Waals surface area contributed by atoms with E-state index < -0.39 is 17.8 Å². The van der Waals surface area contributed by atoms with Crippen LogP contribution in [0.3, 0.4) is 0 Å². The van der Waals surface area contributed by atoms with E-state index in [0.29, 0.717) is 0 Å². The van der Waals surface area contributed by atoms with Crippen molar-refractivity contribution in [1.29, 1.82) is 0 Å². The third-order valence-electron chi connectivity index (χ3n) is 8.68. The number of benzene rings is 2. The lowest BCUT2D eigenvalue weighted by atomic mass is 9.68. The number of para-hydroxylation sites is 1. The molecule has 188 valence electrons. The summed E-state index contributed by atoms with van der Waals surface area (Å²) in [5.41, 5.74) is 1.96. The van der Waals surface area contributed by atoms with Gasteiger partial charge in [-0.3, -0.25) is 28.6 Å². The van der Waals surface area contributed by atoms with Crippen molar-refractivity contribution in [2.24, 2.45) is 29.6 Å². The maximum absolute atomic E-state index is 13.5. The molecule has 7 nitrogen and oxygen atoms in total. The molecular weight excluding hydrogens is 508 g/mol. The summed E-state index contributed by atoms with van der Waals surface area (Å²) in [6.07, 6.45) is 0.580. The van der Waals surface area contributed by atoms with Gasteiger partial charge in [0.25, 0.3) is 0 Å². The number of thioether (sulfide) groups is 1. The Kier molecular flexibility index (Phi) is 5.23. The van der Waals surface area contributed by atoms with E-state index >= 15 is 0 Å².